The van der Waals surface area contributed by atoms with Crippen molar-refractivity contribution in [3.63, 3.8) is 0 Å². The molecule has 0 aliphatic rings. The highest BCUT2D eigenvalue weighted by molar-refractivity contribution is 6.16. The second-order valence-corrected chi connectivity index (χ2v) is 4.69. The molecule has 0 saturated heterocycles. The number of aryl methyl sites for hydroxylation is 1. The van der Waals surface area contributed by atoms with Crippen LogP contribution in [0.5, 0.6) is 0 Å². The minimum atomic E-state index is -0.657. The number of rotatable bonds is 2. The monoisotopic (exact) mass is 293 g/mol. The average Bonchev–Trinajstić information content (AvgIpc) is 2.75. The van der Waals surface area contributed by atoms with E-state index in [1.807, 2.05) is 13.0 Å². The molecule has 0 fully saturated rings. The molecule has 0 bridgehead atoms. The Bertz CT molecular complexity index is 778. The third-order valence-corrected chi connectivity index (χ3v) is 3.18. The minimum absolute atomic E-state index is 0.119. The summed E-state index contributed by atoms with van der Waals surface area (Å²) in [7, 11) is 0. The summed E-state index contributed by atoms with van der Waals surface area (Å²) in [5.74, 6) is -0.706. The molecule has 0 atom stereocenters. The molecule has 0 aliphatic carbocycles. The van der Waals surface area contributed by atoms with Crippen LogP contribution in [0.3, 0.4) is 0 Å². The highest BCUT2D eigenvalue weighted by Crippen LogP contribution is 2.23. The molecule has 0 N–H and O–H groups in total. The molecule has 3 aromatic rings. The van der Waals surface area contributed by atoms with E-state index in [4.69, 9.17) is 11.6 Å². The van der Waals surface area contributed by atoms with Crippen molar-refractivity contribution in [3.8, 4) is 5.69 Å². The molecule has 3 nitrogen and oxygen atoms in total. The van der Waals surface area contributed by atoms with Gasteiger partial charge in [-0.1, -0.05) is 0 Å². The molecular weight excluding hydrogens is 284 g/mol. The predicted octanol–water partition coefficient (Wildman–Crippen LogP) is 3.75. The lowest BCUT2D eigenvalue weighted by Gasteiger charge is -2.07. The maximum Gasteiger partial charge on any atom is 0.164 e. The van der Waals surface area contributed by atoms with Crippen LogP contribution < -0.4 is 0 Å². The molecule has 2 aromatic heterocycles. The first-order chi connectivity index (χ1) is 9.58. The van der Waals surface area contributed by atoms with Gasteiger partial charge >= 0.3 is 0 Å². The summed E-state index contributed by atoms with van der Waals surface area (Å²) in [4.78, 5) is 8.71. The zero-order chi connectivity index (χ0) is 14.3. The van der Waals surface area contributed by atoms with Gasteiger partial charge in [0.15, 0.2) is 5.65 Å². The van der Waals surface area contributed by atoms with Crippen molar-refractivity contribution in [2.24, 2.45) is 0 Å². The summed E-state index contributed by atoms with van der Waals surface area (Å²) < 4.78 is 28.4. The molecule has 6 heteroatoms. The number of alkyl halides is 1. The molecule has 20 heavy (non-hydrogen) atoms. The van der Waals surface area contributed by atoms with E-state index < -0.39 is 11.6 Å². The lowest BCUT2D eigenvalue weighted by Crippen LogP contribution is -2.02. The van der Waals surface area contributed by atoms with Gasteiger partial charge in [0.25, 0.3) is 0 Å². The van der Waals surface area contributed by atoms with Crippen LogP contribution >= 0.6 is 11.6 Å². The number of hydrogen-bond donors (Lipinski definition) is 0. The van der Waals surface area contributed by atoms with Crippen LogP contribution in [-0.2, 0) is 5.88 Å². The number of fused-ring (bicyclic) bond motifs is 1. The number of halogens is 3. The normalized spacial score (nSPS) is 11.2. The fourth-order valence-corrected chi connectivity index (χ4v) is 2.31. The average molecular weight is 294 g/mol. The summed E-state index contributed by atoms with van der Waals surface area (Å²) in [5, 5.41) is 0. The van der Waals surface area contributed by atoms with Gasteiger partial charge in [-0.05, 0) is 31.2 Å². The molecule has 2 heterocycles. The number of hydrogen-bond acceptors (Lipinski definition) is 2. The first-order valence-corrected chi connectivity index (χ1v) is 6.49. The maximum absolute atomic E-state index is 13.4. The summed E-state index contributed by atoms with van der Waals surface area (Å²) in [5.41, 5.74) is 2.27. The van der Waals surface area contributed by atoms with Crippen molar-refractivity contribution in [2.45, 2.75) is 12.8 Å². The highest BCUT2D eigenvalue weighted by atomic mass is 35.5. The molecule has 3 rings (SSSR count). The zero-order valence-electron chi connectivity index (χ0n) is 10.6. The van der Waals surface area contributed by atoms with Crippen molar-refractivity contribution < 1.29 is 8.78 Å². The second kappa shape index (κ2) is 4.83. The van der Waals surface area contributed by atoms with Gasteiger partial charge in [0.1, 0.15) is 23.0 Å². The van der Waals surface area contributed by atoms with Crippen molar-refractivity contribution >= 4 is 22.8 Å². The van der Waals surface area contributed by atoms with Crippen molar-refractivity contribution in [2.75, 3.05) is 0 Å². The van der Waals surface area contributed by atoms with Crippen LogP contribution in [0.4, 0.5) is 8.78 Å². The molecule has 0 unspecified atom stereocenters. The Labute approximate surface area is 118 Å². The van der Waals surface area contributed by atoms with Gasteiger partial charge in [-0.25, -0.2) is 18.7 Å². The minimum Gasteiger partial charge on any atom is -0.279 e. The number of benzene rings is 1. The molecule has 0 aliphatic heterocycles. The fraction of sp³-hybridized carbons (Fsp3) is 0.143. The molecule has 0 saturated carbocycles. The van der Waals surface area contributed by atoms with E-state index in [0.717, 1.165) is 11.8 Å². The first kappa shape index (κ1) is 13.0. The van der Waals surface area contributed by atoms with E-state index in [1.54, 1.807) is 10.6 Å². The second-order valence-electron chi connectivity index (χ2n) is 4.42. The molecule has 1 aromatic carbocycles. The van der Waals surface area contributed by atoms with Crippen molar-refractivity contribution in [1.29, 1.82) is 0 Å². The van der Waals surface area contributed by atoms with E-state index >= 15 is 0 Å². The van der Waals surface area contributed by atoms with Gasteiger partial charge in [-0.2, -0.15) is 0 Å². The van der Waals surface area contributed by atoms with E-state index in [0.29, 0.717) is 22.7 Å². The summed E-state index contributed by atoms with van der Waals surface area (Å²) in [6.45, 7) is 1.84. The molecule has 0 spiro atoms. The number of aromatic nitrogens is 3. The van der Waals surface area contributed by atoms with E-state index in [1.165, 1.54) is 12.1 Å². The quantitative estimate of drug-likeness (QED) is 0.674. The van der Waals surface area contributed by atoms with Crippen molar-refractivity contribution in [3.05, 3.63) is 53.5 Å². The maximum atomic E-state index is 13.4. The fourth-order valence-electron chi connectivity index (χ4n) is 2.13. The Morgan fingerprint density at radius 1 is 1.10 bits per heavy atom. The van der Waals surface area contributed by atoms with Gasteiger partial charge in [-0.3, -0.25) is 4.57 Å². The van der Waals surface area contributed by atoms with Crippen molar-refractivity contribution in [1.82, 2.24) is 14.5 Å². The van der Waals surface area contributed by atoms with Gasteiger partial charge in [0.2, 0.25) is 0 Å². The van der Waals surface area contributed by atoms with E-state index in [2.05, 4.69) is 9.97 Å². The summed E-state index contributed by atoms with van der Waals surface area (Å²) in [6.07, 6.45) is 0. The Kier molecular flexibility index (Phi) is 3.14. The summed E-state index contributed by atoms with van der Waals surface area (Å²) in [6, 6.07) is 6.90. The van der Waals surface area contributed by atoms with Crippen LogP contribution in [0, 0.1) is 18.6 Å². The van der Waals surface area contributed by atoms with Gasteiger partial charge in [0, 0.05) is 11.8 Å². The van der Waals surface area contributed by atoms with Gasteiger partial charge < -0.3 is 0 Å². The van der Waals surface area contributed by atoms with Gasteiger partial charge in [-0.15, -0.1) is 11.6 Å². The predicted molar refractivity (Wildman–Crippen MR) is 73.1 cm³/mol. The summed E-state index contributed by atoms with van der Waals surface area (Å²) >= 11 is 5.87. The van der Waals surface area contributed by atoms with E-state index in [9.17, 15) is 8.78 Å². The Morgan fingerprint density at radius 2 is 1.80 bits per heavy atom. The smallest absolute Gasteiger partial charge is 0.164 e. The first-order valence-electron chi connectivity index (χ1n) is 5.96. The topological polar surface area (TPSA) is 30.7 Å². The molecule has 0 radical (unpaired) electrons. The van der Waals surface area contributed by atoms with Crippen LogP contribution in [-0.4, -0.2) is 14.5 Å². The van der Waals surface area contributed by atoms with E-state index in [-0.39, 0.29) is 5.88 Å². The third-order valence-electron chi connectivity index (χ3n) is 2.94. The number of pyridine rings is 1. The zero-order valence-corrected chi connectivity index (χ0v) is 11.3. The molecule has 102 valence electrons. The van der Waals surface area contributed by atoms with Crippen LogP contribution in [0.2, 0.25) is 0 Å². The lowest BCUT2D eigenvalue weighted by atomic mass is 10.3. The van der Waals surface area contributed by atoms with Crippen LogP contribution in [0.1, 0.15) is 11.5 Å². The Morgan fingerprint density at radius 3 is 2.45 bits per heavy atom. The number of nitrogens with zero attached hydrogens (tertiary/aromatic N) is 3. The largest absolute Gasteiger partial charge is 0.279 e. The highest BCUT2D eigenvalue weighted by Gasteiger charge is 2.14. The van der Waals surface area contributed by atoms with Gasteiger partial charge in [0.05, 0.1) is 11.6 Å². The van der Waals surface area contributed by atoms with Crippen LogP contribution in [0.25, 0.3) is 16.9 Å². The third kappa shape index (κ3) is 2.14. The lowest BCUT2D eigenvalue weighted by molar-refractivity contribution is 0.581. The Hall–Kier alpha value is -2.01. The molecular formula is C14H10ClF2N3. The molecule has 0 amide bonds. The number of imidazole rings is 1. The standard InChI is InChI=1S/C14H10ClF2N3/c1-8-2-3-12-14(18-8)20(13(7-15)19-12)11-5-9(16)4-10(17)6-11/h2-6H,7H2,1H3. The SMILES string of the molecule is Cc1ccc2nc(CCl)n(-c3cc(F)cc(F)c3)c2n1. The van der Waals surface area contributed by atoms with Crippen LogP contribution in [0.15, 0.2) is 30.3 Å². The Balaban J connectivity index is 2.35.